The van der Waals surface area contributed by atoms with Crippen LogP contribution in [0.1, 0.15) is 37.0 Å². The van der Waals surface area contributed by atoms with E-state index < -0.39 is 0 Å². The maximum absolute atomic E-state index is 13.3. The van der Waals surface area contributed by atoms with Gasteiger partial charge in [-0.15, -0.1) is 0 Å². The van der Waals surface area contributed by atoms with Crippen LogP contribution in [0.2, 0.25) is 0 Å². The number of nitrogens with one attached hydrogen (secondary N) is 1. The van der Waals surface area contributed by atoms with Crippen molar-refractivity contribution in [3.8, 4) is 5.75 Å². The number of likely N-dealkylation sites (N-methyl/N-ethyl adjacent to an activating group) is 1. The number of hydrogen-bond donors (Lipinski definition) is 2. The molecule has 1 fully saturated rings. The Balaban J connectivity index is 1.49. The fourth-order valence-electron chi connectivity index (χ4n) is 5.09. The van der Waals surface area contributed by atoms with Crippen molar-refractivity contribution in [2.45, 2.75) is 57.8 Å². The summed E-state index contributed by atoms with van der Waals surface area (Å²) in [4.78, 5) is 17.7. The van der Waals surface area contributed by atoms with E-state index in [1.165, 1.54) is 11.1 Å². The van der Waals surface area contributed by atoms with Gasteiger partial charge in [-0.05, 0) is 50.3 Å². The van der Waals surface area contributed by atoms with Gasteiger partial charge in [0.05, 0.1) is 6.04 Å². The van der Waals surface area contributed by atoms with Crippen molar-refractivity contribution in [1.82, 2.24) is 15.1 Å². The molecule has 5 heteroatoms. The molecule has 1 saturated heterocycles. The Bertz CT molecular complexity index is 855. The van der Waals surface area contributed by atoms with Crippen molar-refractivity contribution >= 4 is 5.91 Å². The van der Waals surface area contributed by atoms with Gasteiger partial charge in [-0.1, -0.05) is 42.5 Å². The summed E-state index contributed by atoms with van der Waals surface area (Å²) in [5.41, 5.74) is 3.74. The Morgan fingerprint density at radius 2 is 1.70 bits per heavy atom. The first-order valence-electron chi connectivity index (χ1n) is 11.2. The van der Waals surface area contributed by atoms with Gasteiger partial charge in [0.15, 0.2) is 0 Å². The molecule has 0 spiro atoms. The molecule has 30 heavy (non-hydrogen) atoms. The molecule has 5 nitrogen and oxygen atoms in total. The van der Waals surface area contributed by atoms with Crippen LogP contribution in [0.5, 0.6) is 5.75 Å². The molecule has 0 radical (unpaired) electrons. The lowest BCUT2D eigenvalue weighted by Crippen LogP contribution is -2.49. The number of aromatic hydroxyl groups is 1. The molecule has 2 aromatic rings. The second-order valence-corrected chi connectivity index (χ2v) is 8.50. The molecule has 1 heterocycles. The van der Waals surface area contributed by atoms with Gasteiger partial charge >= 0.3 is 0 Å². The van der Waals surface area contributed by atoms with Crippen molar-refractivity contribution in [2.24, 2.45) is 0 Å². The third-order valence-electron chi connectivity index (χ3n) is 6.77. The Morgan fingerprint density at radius 3 is 2.33 bits per heavy atom. The zero-order valence-corrected chi connectivity index (χ0v) is 18.1. The van der Waals surface area contributed by atoms with E-state index in [4.69, 9.17) is 0 Å². The van der Waals surface area contributed by atoms with Crippen LogP contribution < -0.4 is 5.32 Å². The molecule has 2 aliphatic rings. The van der Waals surface area contributed by atoms with E-state index in [2.05, 4.69) is 48.3 Å². The van der Waals surface area contributed by atoms with E-state index >= 15 is 0 Å². The third kappa shape index (κ3) is 4.23. The summed E-state index contributed by atoms with van der Waals surface area (Å²) in [5, 5.41) is 13.7. The highest BCUT2D eigenvalue weighted by Gasteiger charge is 2.42. The van der Waals surface area contributed by atoms with Crippen molar-refractivity contribution in [2.75, 3.05) is 19.6 Å². The number of rotatable bonds is 7. The Kier molecular flexibility index (Phi) is 6.40. The molecule has 2 N–H and O–H groups in total. The summed E-state index contributed by atoms with van der Waals surface area (Å²) < 4.78 is 0. The van der Waals surface area contributed by atoms with Crippen molar-refractivity contribution < 1.29 is 9.90 Å². The van der Waals surface area contributed by atoms with Crippen molar-refractivity contribution in [3.05, 3.63) is 65.2 Å². The lowest BCUT2D eigenvalue weighted by atomic mass is 10.1. The third-order valence-corrected chi connectivity index (χ3v) is 6.77. The van der Waals surface area contributed by atoms with Gasteiger partial charge in [-0.25, -0.2) is 0 Å². The molecule has 4 rings (SSSR count). The van der Waals surface area contributed by atoms with Crippen LogP contribution >= 0.6 is 0 Å². The van der Waals surface area contributed by atoms with Gasteiger partial charge in [-0.3, -0.25) is 9.69 Å². The zero-order valence-electron chi connectivity index (χ0n) is 18.1. The Hall–Kier alpha value is -2.37. The summed E-state index contributed by atoms with van der Waals surface area (Å²) in [7, 11) is 0. The SMILES string of the molecule is CCN(CC)C(=O)[C@@H]1C[C@@H](NCc2ccccc2O)CN1C1Cc2ccccc2C1. The fourth-order valence-corrected chi connectivity index (χ4v) is 5.09. The lowest BCUT2D eigenvalue weighted by Gasteiger charge is -2.32. The standard InChI is InChI=1S/C25H33N3O2/c1-3-27(4-2)25(30)23-15-21(26-16-20-11-7-8-12-24(20)29)17-28(23)22-13-18-9-5-6-10-19(18)14-22/h5-12,21-23,26,29H,3-4,13-17H2,1-2H3/t21-,23+/m1/s1. The van der Waals surface area contributed by atoms with Gasteiger partial charge in [0.25, 0.3) is 0 Å². The van der Waals surface area contributed by atoms with E-state index in [1.807, 2.05) is 23.1 Å². The van der Waals surface area contributed by atoms with E-state index in [0.29, 0.717) is 18.3 Å². The topological polar surface area (TPSA) is 55.8 Å². The van der Waals surface area contributed by atoms with Crippen LogP contribution in [-0.2, 0) is 24.2 Å². The summed E-state index contributed by atoms with van der Waals surface area (Å²) >= 11 is 0. The Morgan fingerprint density at radius 1 is 1.07 bits per heavy atom. The molecule has 160 valence electrons. The first-order chi connectivity index (χ1) is 14.6. The average Bonchev–Trinajstić information content (AvgIpc) is 3.38. The van der Waals surface area contributed by atoms with Crippen LogP contribution in [0.15, 0.2) is 48.5 Å². The smallest absolute Gasteiger partial charge is 0.239 e. The predicted octanol–water partition coefficient (Wildman–Crippen LogP) is 2.96. The normalized spacial score (nSPS) is 21.7. The molecular formula is C25H33N3O2. The maximum Gasteiger partial charge on any atom is 0.239 e. The minimum atomic E-state index is -0.0777. The number of para-hydroxylation sites is 1. The maximum atomic E-state index is 13.3. The fraction of sp³-hybridized carbons (Fsp3) is 0.480. The number of phenols is 1. The predicted molar refractivity (Wildman–Crippen MR) is 119 cm³/mol. The number of nitrogens with zero attached hydrogens (tertiary/aromatic N) is 2. The molecule has 0 saturated carbocycles. The number of carbonyl (C=O) groups excluding carboxylic acids is 1. The molecule has 0 unspecified atom stereocenters. The summed E-state index contributed by atoms with van der Waals surface area (Å²) in [5.74, 6) is 0.574. The van der Waals surface area contributed by atoms with Gasteiger partial charge in [-0.2, -0.15) is 0 Å². The number of amides is 1. The highest BCUT2D eigenvalue weighted by atomic mass is 16.3. The number of fused-ring (bicyclic) bond motifs is 1. The number of benzene rings is 2. The second kappa shape index (κ2) is 9.19. The van der Waals surface area contributed by atoms with Crippen LogP contribution in [0, 0.1) is 0 Å². The van der Waals surface area contributed by atoms with E-state index in [-0.39, 0.29) is 18.0 Å². The van der Waals surface area contributed by atoms with Crippen LogP contribution in [0.3, 0.4) is 0 Å². The molecule has 2 atom stereocenters. The van der Waals surface area contributed by atoms with Crippen LogP contribution in [0.25, 0.3) is 0 Å². The average molecular weight is 408 g/mol. The van der Waals surface area contributed by atoms with Crippen LogP contribution in [0.4, 0.5) is 0 Å². The molecular weight excluding hydrogens is 374 g/mol. The van der Waals surface area contributed by atoms with Gasteiger partial charge in [0.2, 0.25) is 5.91 Å². The quantitative estimate of drug-likeness (QED) is 0.741. The monoisotopic (exact) mass is 407 g/mol. The van der Waals surface area contributed by atoms with E-state index in [9.17, 15) is 9.90 Å². The molecule has 0 bridgehead atoms. The molecule has 1 aliphatic carbocycles. The summed E-state index contributed by atoms with van der Waals surface area (Å²) in [6.45, 7) is 7.09. The number of likely N-dealkylation sites (tertiary alicyclic amines) is 1. The Labute approximate surface area is 179 Å². The number of phenolic OH excluding ortho intramolecular Hbond substituents is 1. The van der Waals surface area contributed by atoms with Crippen LogP contribution in [-0.4, -0.2) is 58.6 Å². The van der Waals surface area contributed by atoms with Crippen molar-refractivity contribution in [3.63, 3.8) is 0 Å². The van der Waals surface area contributed by atoms with Gasteiger partial charge in [0, 0.05) is 43.8 Å². The summed E-state index contributed by atoms with van der Waals surface area (Å²) in [6, 6.07) is 16.7. The van der Waals surface area contributed by atoms with Gasteiger partial charge < -0.3 is 15.3 Å². The van der Waals surface area contributed by atoms with E-state index in [0.717, 1.165) is 44.5 Å². The number of hydrogen-bond acceptors (Lipinski definition) is 4. The molecule has 0 aromatic heterocycles. The highest BCUT2D eigenvalue weighted by Crippen LogP contribution is 2.31. The highest BCUT2D eigenvalue weighted by molar-refractivity contribution is 5.82. The molecule has 2 aromatic carbocycles. The molecule has 1 amide bonds. The van der Waals surface area contributed by atoms with Crippen molar-refractivity contribution in [1.29, 1.82) is 0 Å². The minimum Gasteiger partial charge on any atom is -0.508 e. The largest absolute Gasteiger partial charge is 0.508 e. The number of carbonyl (C=O) groups is 1. The molecule has 1 aliphatic heterocycles. The lowest BCUT2D eigenvalue weighted by molar-refractivity contribution is -0.136. The van der Waals surface area contributed by atoms with E-state index in [1.54, 1.807) is 6.07 Å². The second-order valence-electron chi connectivity index (χ2n) is 8.50. The first kappa shape index (κ1) is 20.9. The first-order valence-corrected chi connectivity index (χ1v) is 11.2. The van der Waals surface area contributed by atoms with Gasteiger partial charge in [0.1, 0.15) is 5.75 Å². The zero-order chi connectivity index (χ0) is 21.1. The minimum absolute atomic E-state index is 0.0777. The summed E-state index contributed by atoms with van der Waals surface area (Å²) in [6.07, 6.45) is 2.85.